The molecule has 0 heterocycles. The predicted octanol–water partition coefficient (Wildman–Crippen LogP) is 5.32. The Morgan fingerprint density at radius 2 is 1.64 bits per heavy atom. The lowest BCUT2D eigenvalue weighted by molar-refractivity contribution is -0.384. The minimum atomic E-state index is -4.63. The first-order valence-corrected chi connectivity index (χ1v) is 10.8. The van der Waals surface area contributed by atoms with Crippen molar-refractivity contribution < 1.29 is 31.3 Å². The van der Waals surface area contributed by atoms with Gasteiger partial charge in [-0.1, -0.05) is 17.7 Å². The van der Waals surface area contributed by atoms with Crippen LogP contribution in [0.2, 0.25) is 5.02 Å². The molecule has 172 valence electrons. The molecular weight excluding hydrogens is 487 g/mol. The Morgan fingerprint density at radius 3 is 2.21 bits per heavy atom. The van der Waals surface area contributed by atoms with E-state index in [0.717, 1.165) is 36.4 Å². The highest BCUT2D eigenvalue weighted by Crippen LogP contribution is 2.31. The number of halogens is 4. The molecule has 0 saturated heterocycles. The summed E-state index contributed by atoms with van der Waals surface area (Å²) in [7, 11) is -4.21. The van der Waals surface area contributed by atoms with Gasteiger partial charge in [-0.15, -0.1) is 0 Å². The summed E-state index contributed by atoms with van der Waals surface area (Å²) < 4.78 is 65.5. The van der Waals surface area contributed by atoms with E-state index in [1.54, 1.807) is 0 Å². The molecule has 0 saturated carbocycles. The molecule has 0 aromatic heterocycles. The van der Waals surface area contributed by atoms with E-state index >= 15 is 0 Å². The summed E-state index contributed by atoms with van der Waals surface area (Å²) in [6, 6.07) is 11.8. The van der Waals surface area contributed by atoms with Gasteiger partial charge >= 0.3 is 6.18 Å². The van der Waals surface area contributed by atoms with Crippen molar-refractivity contribution in [3.8, 4) is 0 Å². The van der Waals surface area contributed by atoms with Crippen molar-refractivity contribution in [1.29, 1.82) is 0 Å². The Bertz CT molecular complexity index is 1330. The standard InChI is InChI=1S/C20H13ClF3N3O5S/c21-18-11-15(27(29)30)6-9-17(18)19(28)25-13-4-7-16(8-5-13)33(31,32)26-14-3-1-2-12(10-14)20(22,23)24/h1-11,26H,(H,25,28). The molecule has 3 aromatic rings. The lowest BCUT2D eigenvalue weighted by Crippen LogP contribution is -2.15. The predicted molar refractivity (Wildman–Crippen MR) is 115 cm³/mol. The van der Waals surface area contributed by atoms with Gasteiger partial charge in [0.2, 0.25) is 0 Å². The van der Waals surface area contributed by atoms with Crippen LogP contribution in [-0.4, -0.2) is 19.2 Å². The second-order valence-electron chi connectivity index (χ2n) is 6.58. The van der Waals surface area contributed by atoms with Crippen LogP contribution in [0, 0.1) is 10.1 Å². The normalized spacial score (nSPS) is 11.6. The average Bonchev–Trinajstić information content (AvgIpc) is 2.73. The Balaban J connectivity index is 1.74. The molecule has 1 amide bonds. The number of hydrogen-bond acceptors (Lipinski definition) is 5. The maximum absolute atomic E-state index is 12.8. The Labute approximate surface area is 190 Å². The van der Waals surface area contributed by atoms with E-state index in [2.05, 4.69) is 10.0 Å². The fourth-order valence-corrected chi connectivity index (χ4v) is 4.00. The summed E-state index contributed by atoms with van der Waals surface area (Å²) in [5.41, 5.74) is -1.42. The molecule has 0 unspecified atom stereocenters. The zero-order chi connectivity index (χ0) is 24.4. The van der Waals surface area contributed by atoms with Gasteiger partial charge in [-0.2, -0.15) is 13.2 Å². The Hall–Kier alpha value is -3.64. The number of anilines is 2. The number of amides is 1. The third-order valence-electron chi connectivity index (χ3n) is 4.27. The van der Waals surface area contributed by atoms with E-state index in [0.29, 0.717) is 6.07 Å². The lowest BCUT2D eigenvalue weighted by Gasteiger charge is -2.12. The van der Waals surface area contributed by atoms with Gasteiger partial charge in [0.05, 0.1) is 26.0 Å². The number of nitro benzene ring substituents is 1. The van der Waals surface area contributed by atoms with Crippen LogP contribution in [0.15, 0.2) is 71.6 Å². The topological polar surface area (TPSA) is 118 Å². The van der Waals surface area contributed by atoms with E-state index in [9.17, 15) is 36.5 Å². The van der Waals surface area contributed by atoms with Crippen molar-refractivity contribution in [2.45, 2.75) is 11.1 Å². The van der Waals surface area contributed by atoms with Gasteiger partial charge in [0, 0.05) is 23.5 Å². The molecular formula is C20H13ClF3N3O5S. The lowest BCUT2D eigenvalue weighted by atomic mass is 10.2. The van der Waals surface area contributed by atoms with Crippen molar-refractivity contribution in [2.75, 3.05) is 10.0 Å². The maximum atomic E-state index is 12.8. The number of carbonyl (C=O) groups is 1. The van der Waals surface area contributed by atoms with Crippen molar-refractivity contribution in [2.24, 2.45) is 0 Å². The number of sulfonamides is 1. The summed E-state index contributed by atoms with van der Waals surface area (Å²) in [4.78, 5) is 22.2. The summed E-state index contributed by atoms with van der Waals surface area (Å²) in [5.74, 6) is -0.687. The van der Waals surface area contributed by atoms with Gasteiger partial charge < -0.3 is 5.32 Å². The summed E-state index contributed by atoms with van der Waals surface area (Å²) >= 11 is 5.91. The number of nitro groups is 1. The van der Waals surface area contributed by atoms with Crippen LogP contribution in [0.1, 0.15) is 15.9 Å². The number of alkyl halides is 3. The molecule has 0 spiro atoms. The molecule has 0 atom stereocenters. The van der Waals surface area contributed by atoms with Crippen LogP contribution >= 0.6 is 11.6 Å². The van der Waals surface area contributed by atoms with Crippen molar-refractivity contribution in [3.05, 3.63) is 93.0 Å². The molecule has 33 heavy (non-hydrogen) atoms. The highest BCUT2D eigenvalue weighted by atomic mass is 35.5. The molecule has 0 radical (unpaired) electrons. The fraction of sp³-hybridized carbons (Fsp3) is 0.0500. The van der Waals surface area contributed by atoms with Gasteiger partial charge in [-0.05, 0) is 48.5 Å². The van der Waals surface area contributed by atoms with Gasteiger partial charge in [-0.25, -0.2) is 8.42 Å². The molecule has 3 rings (SSSR count). The number of nitrogens with zero attached hydrogens (tertiary/aromatic N) is 1. The quantitative estimate of drug-likeness (QED) is 0.351. The third-order valence-corrected chi connectivity index (χ3v) is 5.98. The Kier molecular flexibility index (Phi) is 6.60. The molecule has 0 aliphatic rings. The fourth-order valence-electron chi connectivity index (χ4n) is 2.69. The number of carbonyl (C=O) groups excluding carboxylic acids is 1. The van der Waals surface area contributed by atoms with Gasteiger partial charge in [0.25, 0.3) is 21.6 Å². The second kappa shape index (κ2) is 9.08. The number of rotatable bonds is 6. The van der Waals surface area contributed by atoms with Gasteiger partial charge in [0.1, 0.15) is 0 Å². The molecule has 0 aliphatic carbocycles. The van der Waals surface area contributed by atoms with E-state index in [-0.39, 0.29) is 32.5 Å². The molecule has 0 fully saturated rings. The molecule has 0 bridgehead atoms. The second-order valence-corrected chi connectivity index (χ2v) is 8.67. The highest BCUT2D eigenvalue weighted by molar-refractivity contribution is 7.92. The molecule has 13 heteroatoms. The van der Waals surface area contributed by atoms with Crippen LogP contribution in [0.3, 0.4) is 0 Å². The van der Waals surface area contributed by atoms with E-state index in [4.69, 9.17) is 11.6 Å². The average molecular weight is 500 g/mol. The summed E-state index contributed by atoms with van der Waals surface area (Å²) in [5, 5.41) is 13.1. The smallest absolute Gasteiger partial charge is 0.322 e. The highest BCUT2D eigenvalue weighted by Gasteiger charge is 2.30. The van der Waals surface area contributed by atoms with E-state index in [1.807, 2.05) is 0 Å². The first kappa shape index (κ1) is 24.0. The van der Waals surface area contributed by atoms with Crippen LogP contribution < -0.4 is 10.0 Å². The van der Waals surface area contributed by atoms with Crippen LogP contribution in [0.4, 0.5) is 30.2 Å². The summed E-state index contributed by atoms with van der Waals surface area (Å²) in [6.07, 6.45) is -4.63. The van der Waals surface area contributed by atoms with Gasteiger partial charge in [0.15, 0.2) is 0 Å². The molecule has 0 aliphatic heterocycles. The SMILES string of the molecule is O=C(Nc1ccc(S(=O)(=O)Nc2cccc(C(F)(F)F)c2)cc1)c1ccc([N+](=O)[O-])cc1Cl. The van der Waals surface area contributed by atoms with Gasteiger partial charge in [-0.3, -0.25) is 19.6 Å². The Morgan fingerprint density at radius 1 is 0.970 bits per heavy atom. The molecule has 3 aromatic carbocycles. The van der Waals surface area contributed by atoms with E-state index < -0.39 is 32.6 Å². The maximum Gasteiger partial charge on any atom is 0.416 e. The number of nitrogens with one attached hydrogen (secondary N) is 2. The first-order chi connectivity index (χ1) is 15.4. The first-order valence-electron chi connectivity index (χ1n) is 8.92. The minimum Gasteiger partial charge on any atom is -0.322 e. The van der Waals surface area contributed by atoms with E-state index in [1.165, 1.54) is 24.3 Å². The van der Waals surface area contributed by atoms with Crippen LogP contribution in [-0.2, 0) is 16.2 Å². The largest absolute Gasteiger partial charge is 0.416 e. The summed E-state index contributed by atoms with van der Waals surface area (Å²) in [6.45, 7) is 0. The third kappa shape index (κ3) is 5.79. The van der Waals surface area contributed by atoms with Crippen molar-refractivity contribution in [3.63, 3.8) is 0 Å². The van der Waals surface area contributed by atoms with Crippen molar-refractivity contribution >= 4 is 44.6 Å². The number of benzene rings is 3. The van der Waals surface area contributed by atoms with Crippen LogP contribution in [0.25, 0.3) is 0 Å². The molecule has 2 N–H and O–H groups in total. The monoisotopic (exact) mass is 499 g/mol. The zero-order valence-electron chi connectivity index (χ0n) is 16.3. The zero-order valence-corrected chi connectivity index (χ0v) is 17.8. The molecule has 8 nitrogen and oxygen atoms in total. The number of hydrogen-bond donors (Lipinski definition) is 2. The number of non-ortho nitro benzene ring substituents is 1. The van der Waals surface area contributed by atoms with Crippen molar-refractivity contribution in [1.82, 2.24) is 0 Å². The van der Waals surface area contributed by atoms with Crippen LogP contribution in [0.5, 0.6) is 0 Å². The minimum absolute atomic E-state index is 0.0369.